The zero-order valence-corrected chi connectivity index (χ0v) is 16.4. The molecule has 29 heavy (non-hydrogen) atoms. The smallest absolute Gasteiger partial charge is 0.325 e. The molecule has 0 radical (unpaired) electrons. The summed E-state index contributed by atoms with van der Waals surface area (Å²) >= 11 is 0. The molecule has 13 nitrogen and oxygen atoms in total. The van der Waals surface area contributed by atoms with E-state index in [0.29, 0.717) is 0 Å². The first-order chi connectivity index (χ1) is 13.3. The molecule has 4 amide bonds. The zero-order chi connectivity index (χ0) is 22.9. The third kappa shape index (κ3) is 9.32. The van der Waals surface area contributed by atoms with Gasteiger partial charge in [0.15, 0.2) is 0 Å². The number of nitrogens with one attached hydrogen (secondary N) is 3. The Balaban J connectivity index is 5.35. The number of aliphatic hydroxyl groups excluding tert-OH is 2. The van der Waals surface area contributed by atoms with E-state index in [1.54, 1.807) is 0 Å². The SMILES string of the molecule is CC(NC(=O)C(NC(=O)C(CCC(N)=O)NC(=O)C(N)C(C)O)C(C)O)C(=O)O. The largest absolute Gasteiger partial charge is 0.480 e. The van der Waals surface area contributed by atoms with Crippen molar-refractivity contribution in [3.8, 4) is 0 Å². The van der Waals surface area contributed by atoms with E-state index in [1.807, 2.05) is 0 Å². The van der Waals surface area contributed by atoms with Crippen molar-refractivity contribution in [3.63, 3.8) is 0 Å². The van der Waals surface area contributed by atoms with Gasteiger partial charge in [-0.1, -0.05) is 0 Å². The monoisotopic (exact) mass is 419 g/mol. The van der Waals surface area contributed by atoms with Gasteiger partial charge in [0, 0.05) is 6.42 Å². The molecule has 6 atom stereocenters. The van der Waals surface area contributed by atoms with Crippen molar-refractivity contribution in [3.05, 3.63) is 0 Å². The summed E-state index contributed by atoms with van der Waals surface area (Å²) in [6.07, 6.45) is -3.15. The average molecular weight is 419 g/mol. The summed E-state index contributed by atoms with van der Waals surface area (Å²) in [7, 11) is 0. The fourth-order valence-electron chi connectivity index (χ4n) is 2.07. The molecule has 0 saturated carbocycles. The molecule has 0 fully saturated rings. The summed E-state index contributed by atoms with van der Waals surface area (Å²) in [5.41, 5.74) is 10.6. The summed E-state index contributed by atoms with van der Waals surface area (Å²) in [6.45, 7) is 3.64. The van der Waals surface area contributed by atoms with Gasteiger partial charge in [-0.2, -0.15) is 0 Å². The van der Waals surface area contributed by atoms with Crippen LogP contribution in [0.4, 0.5) is 0 Å². The lowest BCUT2D eigenvalue weighted by Crippen LogP contribution is -2.60. The second-order valence-electron chi connectivity index (χ2n) is 6.63. The highest BCUT2D eigenvalue weighted by atomic mass is 16.4. The van der Waals surface area contributed by atoms with Gasteiger partial charge in [-0.25, -0.2) is 0 Å². The number of carboxylic acid groups (broad SMARTS) is 1. The van der Waals surface area contributed by atoms with Gasteiger partial charge in [-0.15, -0.1) is 0 Å². The minimum Gasteiger partial charge on any atom is -0.480 e. The van der Waals surface area contributed by atoms with Crippen LogP contribution in [0, 0.1) is 0 Å². The number of rotatable bonds is 12. The minimum atomic E-state index is -1.54. The number of primary amides is 1. The van der Waals surface area contributed by atoms with E-state index in [0.717, 1.165) is 0 Å². The highest BCUT2D eigenvalue weighted by Crippen LogP contribution is 2.03. The number of nitrogens with two attached hydrogens (primary N) is 2. The number of hydrogen-bond donors (Lipinski definition) is 8. The van der Waals surface area contributed by atoms with Crippen molar-refractivity contribution in [2.45, 2.75) is 70.0 Å². The van der Waals surface area contributed by atoms with E-state index in [4.69, 9.17) is 16.6 Å². The molecule has 166 valence electrons. The first-order valence-electron chi connectivity index (χ1n) is 8.81. The molecule has 0 aliphatic rings. The predicted molar refractivity (Wildman–Crippen MR) is 98.9 cm³/mol. The van der Waals surface area contributed by atoms with Crippen LogP contribution in [0.25, 0.3) is 0 Å². The molecule has 6 unspecified atom stereocenters. The van der Waals surface area contributed by atoms with Crippen LogP contribution in [-0.4, -0.2) is 81.3 Å². The van der Waals surface area contributed by atoms with Gasteiger partial charge in [-0.05, 0) is 27.2 Å². The van der Waals surface area contributed by atoms with E-state index in [-0.39, 0.29) is 12.8 Å². The van der Waals surface area contributed by atoms with Gasteiger partial charge in [0.2, 0.25) is 23.6 Å². The third-order valence-electron chi connectivity index (χ3n) is 3.93. The van der Waals surface area contributed by atoms with E-state index >= 15 is 0 Å². The first kappa shape index (κ1) is 26.2. The number of carbonyl (C=O) groups is 5. The summed E-state index contributed by atoms with van der Waals surface area (Å²) in [4.78, 5) is 58.6. The Kier molecular flexibility index (Phi) is 10.8. The van der Waals surface area contributed by atoms with E-state index in [9.17, 15) is 34.2 Å². The molecule has 0 spiro atoms. The highest BCUT2D eigenvalue weighted by Gasteiger charge is 2.32. The average Bonchev–Trinajstić information content (AvgIpc) is 2.60. The van der Waals surface area contributed by atoms with Crippen molar-refractivity contribution in [1.29, 1.82) is 0 Å². The van der Waals surface area contributed by atoms with Gasteiger partial charge in [0.1, 0.15) is 24.2 Å². The second-order valence-corrected chi connectivity index (χ2v) is 6.63. The molecule has 0 saturated heterocycles. The maximum atomic E-state index is 12.5. The Morgan fingerprint density at radius 2 is 1.41 bits per heavy atom. The number of aliphatic carboxylic acids is 1. The van der Waals surface area contributed by atoms with Crippen LogP contribution >= 0.6 is 0 Å². The summed E-state index contributed by atoms with van der Waals surface area (Å²) in [5.74, 6) is -4.88. The Morgan fingerprint density at radius 1 is 0.862 bits per heavy atom. The molecule has 10 N–H and O–H groups in total. The van der Waals surface area contributed by atoms with E-state index < -0.39 is 66.0 Å². The maximum Gasteiger partial charge on any atom is 0.325 e. The van der Waals surface area contributed by atoms with Crippen molar-refractivity contribution in [1.82, 2.24) is 16.0 Å². The van der Waals surface area contributed by atoms with Crippen LogP contribution < -0.4 is 27.4 Å². The lowest BCUT2D eigenvalue weighted by atomic mass is 10.1. The molecule has 0 aliphatic heterocycles. The minimum absolute atomic E-state index is 0.237. The molecule has 13 heteroatoms. The molecular formula is C16H29N5O8. The summed E-state index contributed by atoms with van der Waals surface area (Å²) in [5, 5.41) is 34.6. The quantitative estimate of drug-likeness (QED) is 0.153. The van der Waals surface area contributed by atoms with Gasteiger partial charge in [-0.3, -0.25) is 24.0 Å². The van der Waals surface area contributed by atoms with Gasteiger partial charge in [0.25, 0.3) is 0 Å². The van der Waals surface area contributed by atoms with Gasteiger partial charge >= 0.3 is 5.97 Å². The van der Waals surface area contributed by atoms with Crippen LogP contribution in [0.1, 0.15) is 33.6 Å². The molecule has 0 aromatic heterocycles. The van der Waals surface area contributed by atoms with Crippen LogP contribution in [0.3, 0.4) is 0 Å². The zero-order valence-electron chi connectivity index (χ0n) is 16.4. The van der Waals surface area contributed by atoms with Crippen molar-refractivity contribution >= 4 is 29.6 Å². The van der Waals surface area contributed by atoms with Crippen LogP contribution in [-0.2, 0) is 24.0 Å². The molecule has 0 aromatic carbocycles. The Hall–Kier alpha value is -2.77. The standard InChI is InChI=1S/C16H29N5O8/c1-6(16(28)29)19-15(27)12(8(3)23)21-13(25)9(4-5-10(17)24)20-14(26)11(18)7(2)22/h6-9,11-12,22-23H,4-5,18H2,1-3H3,(H2,17,24)(H,19,27)(H,20,26)(H,21,25)(H,28,29). The number of amides is 4. The Morgan fingerprint density at radius 3 is 1.83 bits per heavy atom. The van der Waals surface area contributed by atoms with Crippen LogP contribution in [0.2, 0.25) is 0 Å². The molecule has 0 aromatic rings. The maximum absolute atomic E-state index is 12.5. The number of carboxylic acids is 1. The van der Waals surface area contributed by atoms with Crippen LogP contribution in [0.5, 0.6) is 0 Å². The number of carbonyl (C=O) groups excluding carboxylic acids is 4. The first-order valence-corrected chi connectivity index (χ1v) is 8.81. The van der Waals surface area contributed by atoms with Crippen molar-refractivity contribution < 1.29 is 39.3 Å². The molecular weight excluding hydrogens is 390 g/mol. The third-order valence-corrected chi connectivity index (χ3v) is 3.93. The Labute approximate surface area is 167 Å². The fraction of sp³-hybridized carbons (Fsp3) is 0.688. The number of hydrogen-bond acceptors (Lipinski definition) is 8. The molecule has 0 rings (SSSR count). The van der Waals surface area contributed by atoms with E-state index in [2.05, 4.69) is 16.0 Å². The summed E-state index contributed by atoms with van der Waals surface area (Å²) < 4.78 is 0. The number of aliphatic hydroxyl groups is 2. The van der Waals surface area contributed by atoms with Crippen LogP contribution in [0.15, 0.2) is 0 Å². The highest BCUT2D eigenvalue weighted by molar-refractivity contribution is 5.94. The molecule has 0 heterocycles. The lowest BCUT2D eigenvalue weighted by molar-refractivity contribution is -0.142. The lowest BCUT2D eigenvalue weighted by Gasteiger charge is -2.26. The van der Waals surface area contributed by atoms with Crippen molar-refractivity contribution in [2.75, 3.05) is 0 Å². The predicted octanol–water partition coefficient (Wildman–Crippen LogP) is -4.10. The fourth-order valence-corrected chi connectivity index (χ4v) is 2.07. The summed E-state index contributed by atoms with van der Waals surface area (Å²) in [6, 6.07) is -5.53. The van der Waals surface area contributed by atoms with Gasteiger partial charge < -0.3 is 42.7 Å². The normalized spacial score (nSPS) is 17.0. The Bertz CT molecular complexity index is 624. The van der Waals surface area contributed by atoms with Crippen molar-refractivity contribution in [2.24, 2.45) is 11.5 Å². The van der Waals surface area contributed by atoms with E-state index in [1.165, 1.54) is 20.8 Å². The molecule has 0 aliphatic carbocycles. The molecule has 0 bridgehead atoms. The van der Waals surface area contributed by atoms with Gasteiger partial charge in [0.05, 0.1) is 12.2 Å². The second kappa shape index (κ2) is 11.9. The topological polar surface area (TPSA) is 234 Å².